The number of hydrogen-bond donors (Lipinski definition) is 1. The van der Waals surface area contributed by atoms with Gasteiger partial charge in [-0.2, -0.15) is 0 Å². The van der Waals surface area contributed by atoms with E-state index in [4.69, 9.17) is 18.9 Å². The van der Waals surface area contributed by atoms with E-state index in [1.165, 1.54) is 327 Å². The highest BCUT2D eigenvalue weighted by molar-refractivity contribution is 5.71. The lowest BCUT2D eigenvalue weighted by molar-refractivity contribution is -0.870. The molecule has 0 saturated carbocycles. The second-order valence-corrected chi connectivity index (χ2v) is 26.6. The van der Waals surface area contributed by atoms with Gasteiger partial charge in [0.25, 0.3) is 6.29 Å². The molecule has 0 spiro atoms. The van der Waals surface area contributed by atoms with Crippen LogP contribution in [-0.4, -0.2) is 87.4 Å². The molecule has 0 aromatic carbocycles. The van der Waals surface area contributed by atoms with Crippen LogP contribution in [0.15, 0.2) is 0 Å². The van der Waals surface area contributed by atoms with E-state index >= 15 is 0 Å². The van der Waals surface area contributed by atoms with E-state index < -0.39 is 18.4 Å². The van der Waals surface area contributed by atoms with Crippen molar-refractivity contribution in [3.8, 4) is 0 Å². The molecule has 0 aromatic heterocycles. The second kappa shape index (κ2) is 65.3. The van der Waals surface area contributed by atoms with Crippen LogP contribution < -0.4 is 0 Å². The van der Waals surface area contributed by atoms with Crippen molar-refractivity contribution >= 4 is 17.9 Å². The van der Waals surface area contributed by atoms with Gasteiger partial charge in [-0.05, 0) is 12.8 Å². The highest BCUT2D eigenvalue weighted by atomic mass is 16.7. The number of ether oxygens (including phenoxy) is 4. The van der Waals surface area contributed by atoms with Crippen LogP contribution >= 0.6 is 0 Å². The number of aliphatic carboxylic acids is 1. The zero-order valence-electron chi connectivity index (χ0n) is 56.0. The molecule has 0 fully saturated rings. The Balaban J connectivity index is 3.86. The first-order valence-electron chi connectivity index (χ1n) is 36.7. The molecule has 0 saturated heterocycles. The first-order chi connectivity index (χ1) is 40.1. The minimum atomic E-state index is -1.50. The molecule has 0 radical (unpaired) electrons. The molecule has 9 heteroatoms. The highest BCUT2D eigenvalue weighted by Crippen LogP contribution is 2.20. The topological polar surface area (TPSA) is 108 Å². The largest absolute Gasteiger partial charge is 0.477 e. The quantitative estimate of drug-likeness (QED) is 0.0278. The summed E-state index contributed by atoms with van der Waals surface area (Å²) in [7, 11) is 5.99. The van der Waals surface area contributed by atoms with Crippen LogP contribution in [-0.2, 0) is 33.3 Å². The fourth-order valence-electron chi connectivity index (χ4n) is 11.5. The number of carbonyl (C=O) groups excluding carboxylic acids is 2. The average molecular weight is 1160 g/mol. The fraction of sp³-hybridized carbons (Fsp3) is 0.959. The molecule has 1 N–H and O–H groups in total. The summed E-state index contributed by atoms with van der Waals surface area (Å²) >= 11 is 0. The molecule has 0 rings (SSSR count). The minimum Gasteiger partial charge on any atom is -0.477 e. The van der Waals surface area contributed by atoms with Crippen LogP contribution in [0.2, 0.25) is 0 Å². The van der Waals surface area contributed by atoms with Gasteiger partial charge in [0.15, 0.2) is 6.10 Å². The maximum Gasteiger partial charge on any atom is 0.361 e. The van der Waals surface area contributed by atoms with Crippen LogP contribution in [0.4, 0.5) is 0 Å². The molecule has 0 aliphatic heterocycles. The monoisotopic (exact) mass is 1160 g/mol. The molecule has 2 atom stereocenters. The van der Waals surface area contributed by atoms with E-state index in [-0.39, 0.29) is 38.2 Å². The predicted octanol–water partition coefficient (Wildman–Crippen LogP) is 22.6. The Morgan fingerprint density at radius 2 is 0.549 bits per heavy atom. The smallest absolute Gasteiger partial charge is 0.361 e. The van der Waals surface area contributed by atoms with Crippen LogP contribution in [0, 0.1) is 0 Å². The summed E-state index contributed by atoms with van der Waals surface area (Å²) < 4.78 is 23.0. The third kappa shape index (κ3) is 65.8. The van der Waals surface area contributed by atoms with Crippen LogP contribution in [0.1, 0.15) is 393 Å². The van der Waals surface area contributed by atoms with Crippen molar-refractivity contribution in [2.75, 3.05) is 47.5 Å². The molecule has 82 heavy (non-hydrogen) atoms. The molecule has 2 unspecified atom stereocenters. The SMILES string of the molecule is CCCCCCCCCCCCCCCCCCCCCCCCCCCCCCCCCCCCCCCCCCCC(=O)OC(COC(=O)CCCCCCCCCCCCCCCCCC)COC(OCC[N+](C)(C)C)C(=O)O. The van der Waals surface area contributed by atoms with Gasteiger partial charge in [0.2, 0.25) is 0 Å². The molecule has 0 bridgehead atoms. The van der Waals surface area contributed by atoms with Gasteiger partial charge in [0.05, 0.1) is 34.4 Å². The number of esters is 2. The average Bonchev–Trinajstić information content (AvgIpc) is 3.45. The number of nitrogens with zero attached hydrogens (tertiary/aromatic N) is 1. The van der Waals surface area contributed by atoms with Gasteiger partial charge in [0, 0.05) is 12.8 Å². The van der Waals surface area contributed by atoms with Crippen molar-refractivity contribution in [2.45, 2.75) is 405 Å². The van der Waals surface area contributed by atoms with Gasteiger partial charge in [-0.15, -0.1) is 0 Å². The van der Waals surface area contributed by atoms with Gasteiger partial charge < -0.3 is 28.5 Å². The summed E-state index contributed by atoms with van der Waals surface area (Å²) in [5.41, 5.74) is 0. The van der Waals surface area contributed by atoms with E-state index in [1.807, 2.05) is 21.1 Å². The lowest BCUT2D eigenvalue weighted by Gasteiger charge is -2.25. The van der Waals surface area contributed by atoms with Crippen molar-refractivity contribution in [3.63, 3.8) is 0 Å². The molecule has 0 aromatic rings. The summed E-state index contributed by atoms with van der Waals surface area (Å²) in [4.78, 5) is 37.5. The van der Waals surface area contributed by atoms with Crippen LogP contribution in [0.25, 0.3) is 0 Å². The van der Waals surface area contributed by atoms with Crippen molar-refractivity contribution in [2.24, 2.45) is 0 Å². The number of likely N-dealkylation sites (N-methyl/N-ethyl adjacent to an activating group) is 1. The standard InChI is InChI=1S/C73H143NO8/c1-6-8-10-12-14-16-18-20-22-24-25-26-27-28-29-30-31-32-33-34-35-36-37-38-39-40-41-42-43-44-45-46-47-48-50-52-54-56-58-60-62-64-71(76)82-69(68-81-73(72(77)78)79-66-65-74(3,4)5)67-80-70(75)63-61-59-57-55-53-51-49-23-21-19-17-15-13-11-9-7-2/h69,73H,6-68H2,1-5H3/p+1. The number of carboxylic acid groups (broad SMARTS) is 1. The highest BCUT2D eigenvalue weighted by Gasteiger charge is 2.25. The van der Waals surface area contributed by atoms with Gasteiger partial charge in [0.1, 0.15) is 13.2 Å². The van der Waals surface area contributed by atoms with Gasteiger partial charge in [-0.3, -0.25) is 9.59 Å². The molecule has 0 aliphatic carbocycles. The number of unbranched alkanes of at least 4 members (excludes halogenated alkanes) is 55. The van der Waals surface area contributed by atoms with Crippen LogP contribution in [0.3, 0.4) is 0 Å². The lowest BCUT2D eigenvalue weighted by atomic mass is 10.0. The number of carbonyl (C=O) groups is 3. The third-order valence-corrected chi connectivity index (χ3v) is 17.1. The number of quaternary nitrogens is 1. The maximum atomic E-state index is 12.9. The van der Waals surface area contributed by atoms with Gasteiger partial charge in [-0.1, -0.05) is 367 Å². The summed E-state index contributed by atoms with van der Waals surface area (Å²) in [5.74, 6) is -1.97. The molecule has 488 valence electrons. The number of rotatable bonds is 70. The normalized spacial score (nSPS) is 12.5. The Kier molecular flexibility index (Phi) is 63.9. The Labute approximate surface area is 511 Å². The summed E-state index contributed by atoms with van der Waals surface area (Å²) in [6, 6.07) is 0. The first-order valence-corrected chi connectivity index (χ1v) is 36.7. The summed E-state index contributed by atoms with van der Waals surface area (Å²) in [5, 5.41) is 9.73. The van der Waals surface area contributed by atoms with E-state index in [0.29, 0.717) is 17.4 Å². The molecule has 0 amide bonds. The van der Waals surface area contributed by atoms with E-state index in [0.717, 1.165) is 38.5 Å². The predicted molar refractivity (Wildman–Crippen MR) is 351 cm³/mol. The summed E-state index contributed by atoms with van der Waals surface area (Å²) in [6.45, 7) is 4.96. The Morgan fingerprint density at radius 3 is 0.780 bits per heavy atom. The first kappa shape index (κ1) is 80.3. The minimum absolute atomic E-state index is 0.172. The molecule has 0 aliphatic rings. The molecule has 0 heterocycles. The molecular formula is C73H144NO8+. The van der Waals surface area contributed by atoms with Gasteiger partial charge in [-0.25, -0.2) is 4.79 Å². The van der Waals surface area contributed by atoms with E-state index in [1.54, 1.807) is 0 Å². The fourth-order valence-corrected chi connectivity index (χ4v) is 11.5. The van der Waals surface area contributed by atoms with Crippen molar-refractivity contribution in [1.29, 1.82) is 0 Å². The lowest BCUT2D eigenvalue weighted by Crippen LogP contribution is -2.40. The summed E-state index contributed by atoms with van der Waals surface area (Å²) in [6.07, 6.45) is 75.5. The van der Waals surface area contributed by atoms with Crippen molar-refractivity contribution < 1.29 is 42.9 Å². The Morgan fingerprint density at radius 1 is 0.317 bits per heavy atom. The van der Waals surface area contributed by atoms with Gasteiger partial charge >= 0.3 is 17.9 Å². The molecular weight excluding hydrogens is 1020 g/mol. The number of hydrogen-bond acceptors (Lipinski definition) is 7. The zero-order chi connectivity index (χ0) is 59.8. The Bertz CT molecular complexity index is 1300. The van der Waals surface area contributed by atoms with E-state index in [9.17, 15) is 19.5 Å². The molecule has 9 nitrogen and oxygen atoms in total. The third-order valence-electron chi connectivity index (χ3n) is 17.1. The number of carboxylic acids is 1. The second-order valence-electron chi connectivity index (χ2n) is 26.6. The maximum absolute atomic E-state index is 12.9. The van der Waals surface area contributed by atoms with E-state index in [2.05, 4.69) is 13.8 Å². The van der Waals surface area contributed by atoms with Crippen LogP contribution in [0.5, 0.6) is 0 Å². The Hall–Kier alpha value is -1.71. The van der Waals surface area contributed by atoms with Crippen molar-refractivity contribution in [3.05, 3.63) is 0 Å². The zero-order valence-corrected chi connectivity index (χ0v) is 56.0. The van der Waals surface area contributed by atoms with Crippen molar-refractivity contribution in [1.82, 2.24) is 0 Å².